The fourth-order valence-electron chi connectivity index (χ4n) is 2.92. The summed E-state index contributed by atoms with van der Waals surface area (Å²) in [5, 5.41) is 5.74. The molecule has 0 unspecified atom stereocenters. The molecule has 10 heteroatoms. The number of aromatic nitrogens is 3. The van der Waals surface area contributed by atoms with Crippen molar-refractivity contribution in [3.63, 3.8) is 0 Å². The molecule has 0 aliphatic carbocycles. The standard InChI is InChI=1S/C24H23N7O3/c1-5-20(32)28-17-8-7-9-19(12-17)31(22(33)6-2)23-16(13-25-3)14-27-24(30-23)29-18-10-11-21(34-4)26-15-18/h5-15H,1-2H2,3-4H3,(H,28,32)(H,27,29,30)/b25-13+. The maximum atomic E-state index is 13.0. The van der Waals surface area contributed by atoms with Gasteiger partial charge in [-0.3, -0.25) is 19.5 Å². The highest BCUT2D eigenvalue weighted by molar-refractivity contribution is 6.09. The van der Waals surface area contributed by atoms with Crippen molar-refractivity contribution in [3.8, 4) is 5.88 Å². The molecular formula is C24H23N7O3. The van der Waals surface area contributed by atoms with Gasteiger partial charge in [-0.25, -0.2) is 9.97 Å². The minimum Gasteiger partial charge on any atom is -0.481 e. The summed E-state index contributed by atoms with van der Waals surface area (Å²) in [5.74, 6) is 0.149. The normalized spacial score (nSPS) is 10.4. The van der Waals surface area contributed by atoms with E-state index in [-0.39, 0.29) is 17.7 Å². The maximum absolute atomic E-state index is 13.0. The molecule has 0 aliphatic heterocycles. The van der Waals surface area contributed by atoms with E-state index in [4.69, 9.17) is 4.74 Å². The van der Waals surface area contributed by atoms with Crippen LogP contribution < -0.4 is 20.3 Å². The maximum Gasteiger partial charge on any atom is 0.256 e. The van der Waals surface area contributed by atoms with E-state index in [2.05, 4.69) is 43.7 Å². The van der Waals surface area contributed by atoms with Gasteiger partial charge in [-0.15, -0.1) is 0 Å². The van der Waals surface area contributed by atoms with E-state index >= 15 is 0 Å². The second-order valence-electron chi connectivity index (χ2n) is 6.70. The van der Waals surface area contributed by atoms with Crippen LogP contribution in [0.25, 0.3) is 0 Å². The zero-order valence-electron chi connectivity index (χ0n) is 18.7. The molecule has 0 saturated heterocycles. The highest BCUT2D eigenvalue weighted by Gasteiger charge is 2.22. The van der Waals surface area contributed by atoms with Crippen LogP contribution in [0.5, 0.6) is 5.88 Å². The molecule has 0 fully saturated rings. The molecule has 0 bridgehead atoms. The molecule has 2 aromatic heterocycles. The molecule has 3 aromatic rings. The number of carbonyl (C=O) groups excluding carboxylic acids is 2. The number of hydrogen-bond acceptors (Lipinski definition) is 8. The Labute approximate surface area is 196 Å². The van der Waals surface area contributed by atoms with E-state index in [9.17, 15) is 9.59 Å². The molecule has 172 valence electrons. The van der Waals surface area contributed by atoms with Gasteiger partial charge in [0.2, 0.25) is 17.7 Å². The molecule has 34 heavy (non-hydrogen) atoms. The Kier molecular flexibility index (Phi) is 7.79. The molecule has 0 atom stereocenters. The van der Waals surface area contributed by atoms with Crippen molar-refractivity contribution < 1.29 is 14.3 Å². The Morgan fingerprint density at radius 1 is 1.09 bits per heavy atom. The number of nitrogens with one attached hydrogen (secondary N) is 2. The zero-order valence-corrected chi connectivity index (χ0v) is 18.7. The number of amides is 2. The minimum absolute atomic E-state index is 0.230. The first-order valence-corrected chi connectivity index (χ1v) is 10.0. The predicted octanol–water partition coefficient (Wildman–Crippen LogP) is 3.65. The number of nitrogens with zero attached hydrogens (tertiary/aromatic N) is 5. The molecule has 2 amide bonds. The quantitative estimate of drug-likeness (QED) is 0.371. The number of anilines is 5. The lowest BCUT2D eigenvalue weighted by Crippen LogP contribution is -2.26. The number of ether oxygens (including phenoxy) is 1. The zero-order chi connectivity index (χ0) is 24.5. The van der Waals surface area contributed by atoms with Crippen molar-refractivity contribution in [2.75, 3.05) is 29.7 Å². The van der Waals surface area contributed by atoms with Crippen molar-refractivity contribution >= 4 is 46.9 Å². The van der Waals surface area contributed by atoms with Crippen LogP contribution in [0.1, 0.15) is 5.56 Å². The first-order valence-electron chi connectivity index (χ1n) is 10.0. The van der Waals surface area contributed by atoms with Gasteiger partial charge in [0.15, 0.2) is 5.82 Å². The summed E-state index contributed by atoms with van der Waals surface area (Å²) < 4.78 is 5.07. The Balaban J connectivity index is 2.07. The molecule has 0 aliphatic rings. The lowest BCUT2D eigenvalue weighted by Gasteiger charge is -2.23. The number of hydrogen-bond donors (Lipinski definition) is 2. The molecule has 1 aromatic carbocycles. The van der Waals surface area contributed by atoms with Crippen LogP contribution in [0.4, 0.5) is 28.8 Å². The van der Waals surface area contributed by atoms with Gasteiger partial charge >= 0.3 is 0 Å². The lowest BCUT2D eigenvalue weighted by molar-refractivity contribution is -0.113. The highest BCUT2D eigenvalue weighted by Crippen LogP contribution is 2.30. The fourth-order valence-corrected chi connectivity index (χ4v) is 2.92. The molecule has 3 rings (SSSR count). The third kappa shape index (κ3) is 5.68. The van der Waals surface area contributed by atoms with Gasteiger partial charge in [0.1, 0.15) is 0 Å². The summed E-state index contributed by atoms with van der Waals surface area (Å²) in [7, 11) is 3.13. The SMILES string of the molecule is C=CC(=O)Nc1cccc(N(C(=O)C=C)c2nc(Nc3ccc(OC)nc3)ncc2/C=N/C)c1. The van der Waals surface area contributed by atoms with Crippen LogP contribution in [0.15, 0.2) is 79.1 Å². The molecular weight excluding hydrogens is 434 g/mol. The van der Waals surface area contributed by atoms with Crippen LogP contribution >= 0.6 is 0 Å². The van der Waals surface area contributed by atoms with Crippen LogP contribution in [0, 0.1) is 0 Å². The first kappa shape index (κ1) is 23.8. The highest BCUT2D eigenvalue weighted by atomic mass is 16.5. The van der Waals surface area contributed by atoms with Gasteiger partial charge in [0.05, 0.1) is 30.2 Å². The number of aliphatic imine (C=N–C) groups is 1. The van der Waals surface area contributed by atoms with Crippen molar-refractivity contribution in [3.05, 3.63) is 79.7 Å². The molecule has 0 spiro atoms. The van der Waals surface area contributed by atoms with E-state index in [0.717, 1.165) is 6.08 Å². The van der Waals surface area contributed by atoms with Crippen LogP contribution in [0.2, 0.25) is 0 Å². The van der Waals surface area contributed by atoms with E-state index in [1.165, 1.54) is 18.1 Å². The minimum atomic E-state index is -0.436. The fraction of sp³-hybridized carbons (Fsp3) is 0.0833. The summed E-state index contributed by atoms with van der Waals surface area (Å²) in [6, 6.07) is 10.2. The Morgan fingerprint density at radius 2 is 1.91 bits per heavy atom. The summed E-state index contributed by atoms with van der Waals surface area (Å²) in [6.45, 7) is 7.06. The lowest BCUT2D eigenvalue weighted by atomic mass is 10.2. The molecule has 0 saturated carbocycles. The van der Waals surface area contributed by atoms with Gasteiger partial charge in [-0.2, -0.15) is 4.98 Å². The van der Waals surface area contributed by atoms with Crippen molar-refractivity contribution in [1.29, 1.82) is 0 Å². The number of rotatable bonds is 9. The van der Waals surface area contributed by atoms with Crippen molar-refractivity contribution in [2.45, 2.75) is 0 Å². The topological polar surface area (TPSA) is 122 Å². The van der Waals surface area contributed by atoms with Gasteiger partial charge in [-0.1, -0.05) is 19.2 Å². The van der Waals surface area contributed by atoms with Crippen molar-refractivity contribution in [1.82, 2.24) is 15.0 Å². The average molecular weight is 457 g/mol. The van der Waals surface area contributed by atoms with E-state index in [1.54, 1.807) is 62.1 Å². The Morgan fingerprint density at radius 3 is 2.56 bits per heavy atom. The van der Waals surface area contributed by atoms with Gasteiger partial charge in [0.25, 0.3) is 5.91 Å². The molecule has 0 radical (unpaired) electrons. The van der Waals surface area contributed by atoms with Crippen molar-refractivity contribution in [2.24, 2.45) is 4.99 Å². The first-order chi connectivity index (χ1) is 16.5. The van der Waals surface area contributed by atoms with Crippen LogP contribution in [0.3, 0.4) is 0 Å². The average Bonchev–Trinajstić information content (AvgIpc) is 2.86. The summed E-state index contributed by atoms with van der Waals surface area (Å²) in [5.41, 5.74) is 2.05. The molecule has 2 N–H and O–H groups in total. The Bertz CT molecular complexity index is 1240. The van der Waals surface area contributed by atoms with Crippen LogP contribution in [-0.4, -0.2) is 47.1 Å². The number of methoxy groups -OCH3 is 1. The molecule has 2 heterocycles. The number of pyridine rings is 1. The summed E-state index contributed by atoms with van der Waals surface area (Å²) in [6.07, 6.45) is 6.99. The smallest absolute Gasteiger partial charge is 0.256 e. The largest absolute Gasteiger partial charge is 0.481 e. The molecule has 10 nitrogen and oxygen atoms in total. The number of carbonyl (C=O) groups is 2. The second kappa shape index (κ2) is 11.1. The second-order valence-corrected chi connectivity index (χ2v) is 6.70. The predicted molar refractivity (Wildman–Crippen MR) is 132 cm³/mol. The number of benzene rings is 1. The van der Waals surface area contributed by atoms with E-state index in [0.29, 0.717) is 28.5 Å². The summed E-state index contributed by atoms with van der Waals surface area (Å²) in [4.78, 5) is 43.1. The summed E-state index contributed by atoms with van der Waals surface area (Å²) >= 11 is 0. The van der Waals surface area contributed by atoms with Gasteiger partial charge in [-0.05, 0) is 36.4 Å². The van der Waals surface area contributed by atoms with Crippen LogP contribution in [-0.2, 0) is 9.59 Å². The third-order valence-corrected chi connectivity index (χ3v) is 4.43. The van der Waals surface area contributed by atoms with E-state index in [1.807, 2.05) is 0 Å². The van der Waals surface area contributed by atoms with Gasteiger partial charge < -0.3 is 15.4 Å². The monoisotopic (exact) mass is 457 g/mol. The Hall–Kier alpha value is -4.86. The van der Waals surface area contributed by atoms with E-state index < -0.39 is 5.91 Å². The third-order valence-electron chi connectivity index (χ3n) is 4.43. The van der Waals surface area contributed by atoms with Gasteiger partial charge in [0, 0.05) is 31.2 Å².